The van der Waals surface area contributed by atoms with Crippen LogP contribution in [0.2, 0.25) is 0 Å². The van der Waals surface area contributed by atoms with E-state index in [4.69, 9.17) is 0 Å². The first kappa shape index (κ1) is 16.0. The Kier molecular flexibility index (Phi) is 3.76. The Bertz CT molecular complexity index is 1110. The summed E-state index contributed by atoms with van der Waals surface area (Å²) in [5.74, 6) is -3.13. The fourth-order valence-electron chi connectivity index (χ4n) is 2.61. The first-order chi connectivity index (χ1) is 12.5. The summed E-state index contributed by atoms with van der Waals surface area (Å²) in [7, 11) is 0. The van der Waals surface area contributed by atoms with Gasteiger partial charge in [-0.05, 0) is 17.7 Å². The lowest BCUT2D eigenvalue weighted by molar-refractivity contribution is 0.409. The zero-order valence-electron chi connectivity index (χ0n) is 13.1. The maximum Gasteiger partial charge on any atom is 0.251 e. The molecule has 0 aliphatic carbocycles. The summed E-state index contributed by atoms with van der Waals surface area (Å²) < 4.78 is 41.7. The quantitative estimate of drug-likeness (QED) is 0.610. The van der Waals surface area contributed by atoms with Crippen LogP contribution in [0, 0.1) is 17.5 Å². The number of aromatic nitrogens is 5. The van der Waals surface area contributed by atoms with E-state index in [2.05, 4.69) is 19.9 Å². The predicted octanol–water partition coefficient (Wildman–Crippen LogP) is 2.90. The van der Waals surface area contributed by atoms with Gasteiger partial charge in [-0.25, -0.2) is 23.7 Å². The van der Waals surface area contributed by atoms with Gasteiger partial charge in [-0.1, -0.05) is 0 Å². The maximum absolute atomic E-state index is 13.4. The van der Waals surface area contributed by atoms with Gasteiger partial charge in [0.05, 0.1) is 11.9 Å². The average molecular weight is 357 g/mol. The SMILES string of the molecule is Oc1nc(-c2cn3ccnc3c(Cc3cc(F)cc(F)c3)n2)ncc1F. The largest absolute Gasteiger partial charge is 0.491 e. The fraction of sp³-hybridized carbons (Fsp3) is 0.0588. The third-order valence-electron chi connectivity index (χ3n) is 3.69. The summed E-state index contributed by atoms with van der Waals surface area (Å²) >= 11 is 0. The standard InChI is InChI=1S/C17H10F3N5O/c18-10-3-9(4-11(19)6-10)5-13-16-21-1-2-25(16)8-14(23-13)15-22-7-12(20)17(26)24-15/h1-4,6-8H,5H2,(H,22,24,26). The van der Waals surface area contributed by atoms with Gasteiger partial charge in [0.1, 0.15) is 17.3 Å². The minimum absolute atomic E-state index is 0.00572. The molecule has 9 heteroatoms. The van der Waals surface area contributed by atoms with Crippen LogP contribution < -0.4 is 0 Å². The molecule has 0 saturated heterocycles. The van der Waals surface area contributed by atoms with Crippen LogP contribution in [0.5, 0.6) is 5.88 Å². The van der Waals surface area contributed by atoms with Crippen molar-refractivity contribution in [1.29, 1.82) is 0 Å². The Morgan fingerprint density at radius 3 is 2.50 bits per heavy atom. The number of hydrogen-bond donors (Lipinski definition) is 1. The highest BCUT2D eigenvalue weighted by molar-refractivity contribution is 5.55. The number of nitrogens with zero attached hydrogens (tertiary/aromatic N) is 5. The Hall–Kier alpha value is -3.49. The zero-order valence-corrected chi connectivity index (χ0v) is 13.1. The smallest absolute Gasteiger partial charge is 0.251 e. The van der Waals surface area contributed by atoms with Gasteiger partial charge in [0, 0.05) is 31.1 Å². The van der Waals surface area contributed by atoms with Gasteiger partial charge in [0.25, 0.3) is 5.88 Å². The Morgan fingerprint density at radius 1 is 1.00 bits per heavy atom. The van der Waals surface area contributed by atoms with E-state index in [0.717, 1.165) is 12.3 Å². The molecule has 130 valence electrons. The van der Waals surface area contributed by atoms with Gasteiger partial charge in [-0.3, -0.25) is 0 Å². The van der Waals surface area contributed by atoms with Crippen molar-refractivity contribution >= 4 is 5.65 Å². The number of imidazole rings is 1. The van der Waals surface area contributed by atoms with Gasteiger partial charge in [0.2, 0.25) is 5.82 Å². The molecule has 0 spiro atoms. The molecule has 0 fully saturated rings. The molecule has 0 amide bonds. The summed E-state index contributed by atoms with van der Waals surface area (Å²) in [6, 6.07) is 3.20. The van der Waals surface area contributed by atoms with Crippen molar-refractivity contribution in [2.45, 2.75) is 6.42 Å². The van der Waals surface area contributed by atoms with Crippen molar-refractivity contribution in [2.75, 3.05) is 0 Å². The molecule has 6 nitrogen and oxygen atoms in total. The van der Waals surface area contributed by atoms with E-state index in [-0.39, 0.29) is 17.9 Å². The highest BCUT2D eigenvalue weighted by atomic mass is 19.1. The Labute approximate surface area is 144 Å². The minimum atomic E-state index is -0.951. The van der Waals surface area contributed by atoms with E-state index in [1.807, 2.05) is 0 Å². The Balaban J connectivity index is 1.83. The number of aromatic hydroxyl groups is 1. The van der Waals surface area contributed by atoms with E-state index in [1.165, 1.54) is 12.1 Å². The first-order valence-electron chi connectivity index (χ1n) is 7.49. The second-order valence-corrected chi connectivity index (χ2v) is 5.55. The molecule has 0 bridgehead atoms. The summed E-state index contributed by atoms with van der Waals surface area (Å²) in [4.78, 5) is 16.0. The van der Waals surface area contributed by atoms with Crippen LogP contribution in [0.1, 0.15) is 11.3 Å². The van der Waals surface area contributed by atoms with E-state index in [1.54, 1.807) is 23.0 Å². The van der Waals surface area contributed by atoms with Gasteiger partial charge < -0.3 is 9.51 Å². The molecule has 3 heterocycles. The van der Waals surface area contributed by atoms with Crippen molar-refractivity contribution in [3.05, 3.63) is 71.7 Å². The zero-order chi connectivity index (χ0) is 18.3. The lowest BCUT2D eigenvalue weighted by Gasteiger charge is -2.08. The lowest BCUT2D eigenvalue weighted by Crippen LogP contribution is -2.03. The van der Waals surface area contributed by atoms with E-state index in [9.17, 15) is 18.3 Å². The fourth-order valence-corrected chi connectivity index (χ4v) is 2.61. The van der Waals surface area contributed by atoms with Gasteiger partial charge in [-0.2, -0.15) is 9.37 Å². The van der Waals surface area contributed by atoms with Crippen LogP contribution in [-0.2, 0) is 6.42 Å². The van der Waals surface area contributed by atoms with Crippen molar-refractivity contribution in [3.63, 3.8) is 0 Å². The molecule has 3 aromatic heterocycles. The molecule has 0 radical (unpaired) electrons. The summed E-state index contributed by atoms with van der Waals surface area (Å²) in [6.45, 7) is 0. The first-order valence-corrected chi connectivity index (χ1v) is 7.49. The van der Waals surface area contributed by atoms with E-state index in [0.29, 0.717) is 16.9 Å². The van der Waals surface area contributed by atoms with Crippen molar-refractivity contribution < 1.29 is 18.3 Å². The number of rotatable bonds is 3. The molecule has 26 heavy (non-hydrogen) atoms. The summed E-state index contributed by atoms with van der Waals surface area (Å²) in [5.41, 5.74) is 1.53. The third-order valence-corrected chi connectivity index (χ3v) is 3.69. The second-order valence-electron chi connectivity index (χ2n) is 5.55. The topological polar surface area (TPSA) is 76.2 Å². The number of hydrogen-bond acceptors (Lipinski definition) is 5. The van der Waals surface area contributed by atoms with E-state index < -0.39 is 23.3 Å². The van der Waals surface area contributed by atoms with Crippen LogP contribution in [0.15, 0.2) is 43.0 Å². The number of fused-ring (bicyclic) bond motifs is 1. The van der Waals surface area contributed by atoms with Crippen LogP contribution in [-0.4, -0.2) is 29.4 Å². The van der Waals surface area contributed by atoms with Crippen LogP contribution >= 0.6 is 0 Å². The van der Waals surface area contributed by atoms with Gasteiger partial charge >= 0.3 is 0 Å². The molecule has 1 N–H and O–H groups in total. The Morgan fingerprint density at radius 2 is 1.77 bits per heavy atom. The van der Waals surface area contributed by atoms with Crippen molar-refractivity contribution in [3.8, 4) is 17.4 Å². The third kappa shape index (κ3) is 2.94. The highest BCUT2D eigenvalue weighted by Crippen LogP contribution is 2.21. The molecular formula is C17H10F3N5O. The molecule has 1 aromatic carbocycles. The van der Waals surface area contributed by atoms with Gasteiger partial charge in [0.15, 0.2) is 11.5 Å². The molecule has 0 unspecified atom stereocenters. The summed E-state index contributed by atoms with van der Waals surface area (Å²) in [6.07, 6.45) is 5.69. The predicted molar refractivity (Wildman–Crippen MR) is 84.8 cm³/mol. The molecule has 0 aliphatic rings. The van der Waals surface area contributed by atoms with Crippen LogP contribution in [0.4, 0.5) is 13.2 Å². The molecule has 0 saturated carbocycles. The van der Waals surface area contributed by atoms with E-state index >= 15 is 0 Å². The number of halogens is 3. The van der Waals surface area contributed by atoms with Crippen molar-refractivity contribution in [2.24, 2.45) is 0 Å². The average Bonchev–Trinajstić information content (AvgIpc) is 3.05. The lowest BCUT2D eigenvalue weighted by atomic mass is 10.1. The molecule has 4 aromatic rings. The molecular weight excluding hydrogens is 347 g/mol. The van der Waals surface area contributed by atoms with Crippen LogP contribution in [0.25, 0.3) is 17.2 Å². The molecule has 0 aliphatic heterocycles. The van der Waals surface area contributed by atoms with Crippen LogP contribution in [0.3, 0.4) is 0 Å². The molecule has 4 rings (SSSR count). The second kappa shape index (κ2) is 6.10. The van der Waals surface area contributed by atoms with Crippen molar-refractivity contribution in [1.82, 2.24) is 24.3 Å². The maximum atomic E-state index is 13.4. The normalized spacial score (nSPS) is 11.2. The summed E-state index contributed by atoms with van der Waals surface area (Å²) in [5, 5.41) is 9.44. The molecule has 0 atom stereocenters. The number of benzene rings is 1. The monoisotopic (exact) mass is 357 g/mol. The highest BCUT2D eigenvalue weighted by Gasteiger charge is 2.14. The minimum Gasteiger partial charge on any atom is -0.491 e. The van der Waals surface area contributed by atoms with Gasteiger partial charge in [-0.15, -0.1) is 0 Å².